The molecule has 4 aromatic rings. The van der Waals surface area contributed by atoms with Crippen LogP contribution in [0.1, 0.15) is 27.2 Å². The van der Waals surface area contributed by atoms with Gasteiger partial charge in [-0.15, -0.1) is 0 Å². The molecule has 8 nitrogen and oxygen atoms in total. The van der Waals surface area contributed by atoms with Crippen LogP contribution in [0.15, 0.2) is 76.0 Å². The van der Waals surface area contributed by atoms with Gasteiger partial charge in [0.05, 0.1) is 11.6 Å². The summed E-state index contributed by atoms with van der Waals surface area (Å²) in [6.07, 6.45) is 0. The van der Waals surface area contributed by atoms with Crippen molar-refractivity contribution in [2.45, 2.75) is 18.7 Å². The Kier molecular flexibility index (Phi) is 6.46. The standard InChI is InChI=1S/C28H25N3O5S/c1-19-13-20(2)15-23(14-19)35-25-8-7-21(18-29)16-27(25)37(33,34)31-11-9-30(10-12-31)28(32)26-17-22-5-3-4-6-24(22)36-26/h3-8,13-17H,9-12H2,1-2H3. The summed E-state index contributed by atoms with van der Waals surface area (Å²) in [4.78, 5) is 14.5. The first kappa shape index (κ1) is 24.6. The SMILES string of the molecule is Cc1cc(C)cc(Oc2ccc(C#N)cc2S(=O)(=O)N2CCN(C(=O)c3cc4ccccc4o3)CC2)c1. The molecule has 1 amide bonds. The number of aryl methyl sites for hydroxylation is 2. The number of para-hydroxylation sites is 1. The second-order valence-electron chi connectivity index (χ2n) is 9.04. The van der Waals surface area contributed by atoms with Crippen LogP contribution in [0.4, 0.5) is 0 Å². The van der Waals surface area contributed by atoms with Crippen molar-refractivity contribution in [2.75, 3.05) is 26.2 Å². The highest BCUT2D eigenvalue weighted by molar-refractivity contribution is 7.89. The molecule has 37 heavy (non-hydrogen) atoms. The Balaban J connectivity index is 1.37. The van der Waals surface area contributed by atoms with Crippen molar-refractivity contribution in [1.82, 2.24) is 9.21 Å². The Morgan fingerprint density at radius 2 is 1.65 bits per heavy atom. The molecule has 0 saturated carbocycles. The zero-order valence-corrected chi connectivity index (χ0v) is 21.3. The summed E-state index contributed by atoms with van der Waals surface area (Å²) in [5.41, 5.74) is 2.81. The number of carbonyl (C=O) groups excluding carboxylic acids is 1. The monoisotopic (exact) mass is 515 g/mol. The molecule has 1 aliphatic rings. The second kappa shape index (κ2) is 9.73. The van der Waals surface area contributed by atoms with Crippen LogP contribution in [0.5, 0.6) is 11.5 Å². The number of nitrogens with zero attached hydrogens (tertiary/aromatic N) is 3. The number of furan rings is 1. The molecule has 9 heteroatoms. The van der Waals surface area contributed by atoms with E-state index in [1.54, 1.807) is 17.0 Å². The van der Waals surface area contributed by atoms with E-state index in [9.17, 15) is 18.5 Å². The van der Waals surface area contributed by atoms with Crippen LogP contribution in [0, 0.1) is 25.2 Å². The molecule has 3 aromatic carbocycles. The van der Waals surface area contributed by atoms with Crippen molar-refractivity contribution in [3.63, 3.8) is 0 Å². The molecule has 0 unspecified atom stereocenters. The third-order valence-corrected chi connectivity index (χ3v) is 8.20. The van der Waals surface area contributed by atoms with Gasteiger partial charge in [0.2, 0.25) is 10.0 Å². The van der Waals surface area contributed by atoms with Gasteiger partial charge in [-0.05, 0) is 67.4 Å². The van der Waals surface area contributed by atoms with Gasteiger partial charge >= 0.3 is 0 Å². The number of hydrogen-bond donors (Lipinski definition) is 0. The summed E-state index contributed by atoms with van der Waals surface area (Å²) in [7, 11) is -4.00. The van der Waals surface area contributed by atoms with Crippen molar-refractivity contribution < 1.29 is 22.4 Å². The Bertz CT molecular complexity index is 1590. The lowest BCUT2D eigenvalue weighted by Gasteiger charge is -2.33. The lowest BCUT2D eigenvalue weighted by Crippen LogP contribution is -2.50. The summed E-state index contributed by atoms with van der Waals surface area (Å²) in [5.74, 6) is 0.603. The molecule has 1 fully saturated rings. The zero-order valence-electron chi connectivity index (χ0n) is 20.5. The molecule has 0 spiro atoms. The lowest BCUT2D eigenvalue weighted by atomic mass is 10.1. The predicted octanol–water partition coefficient (Wildman–Crippen LogP) is 4.86. The fourth-order valence-corrected chi connectivity index (χ4v) is 6.06. The van der Waals surface area contributed by atoms with Crippen molar-refractivity contribution in [3.05, 3.63) is 89.2 Å². The van der Waals surface area contributed by atoms with Gasteiger partial charge in [-0.2, -0.15) is 9.57 Å². The minimum absolute atomic E-state index is 0.0808. The predicted molar refractivity (Wildman–Crippen MR) is 138 cm³/mol. The Labute approximate surface area is 215 Å². The average Bonchev–Trinajstić information content (AvgIpc) is 3.32. The van der Waals surface area contributed by atoms with Gasteiger partial charge in [-0.3, -0.25) is 4.79 Å². The van der Waals surface area contributed by atoms with E-state index in [1.165, 1.54) is 22.5 Å². The molecule has 0 aliphatic carbocycles. The minimum Gasteiger partial charge on any atom is -0.456 e. The van der Waals surface area contributed by atoms with Crippen molar-refractivity contribution in [3.8, 4) is 17.6 Å². The molecular formula is C28H25N3O5S. The van der Waals surface area contributed by atoms with Gasteiger partial charge in [0.25, 0.3) is 5.91 Å². The molecule has 0 N–H and O–H groups in total. The Morgan fingerprint density at radius 1 is 0.946 bits per heavy atom. The number of ether oxygens (including phenoxy) is 1. The third-order valence-electron chi connectivity index (χ3n) is 6.28. The maximum absolute atomic E-state index is 13.7. The van der Waals surface area contributed by atoms with E-state index < -0.39 is 10.0 Å². The largest absolute Gasteiger partial charge is 0.456 e. The van der Waals surface area contributed by atoms with Crippen LogP contribution in [-0.2, 0) is 10.0 Å². The van der Waals surface area contributed by atoms with E-state index in [0.29, 0.717) is 11.3 Å². The molecule has 0 atom stereocenters. The Hall–Kier alpha value is -4.13. The van der Waals surface area contributed by atoms with E-state index in [-0.39, 0.29) is 54.1 Å². The molecule has 1 aromatic heterocycles. The number of nitriles is 1. The Morgan fingerprint density at radius 3 is 2.32 bits per heavy atom. The van der Waals surface area contributed by atoms with Gasteiger partial charge in [-0.25, -0.2) is 8.42 Å². The number of fused-ring (bicyclic) bond motifs is 1. The molecule has 1 aliphatic heterocycles. The van der Waals surface area contributed by atoms with Gasteiger partial charge in [0.15, 0.2) is 5.76 Å². The quantitative estimate of drug-likeness (QED) is 0.376. The summed E-state index contributed by atoms with van der Waals surface area (Å²) < 4.78 is 40.4. The number of sulfonamides is 1. The van der Waals surface area contributed by atoms with E-state index in [2.05, 4.69) is 0 Å². The van der Waals surface area contributed by atoms with E-state index in [1.807, 2.05) is 56.3 Å². The van der Waals surface area contributed by atoms with Gasteiger partial charge in [0, 0.05) is 31.6 Å². The van der Waals surface area contributed by atoms with Crippen molar-refractivity contribution in [2.24, 2.45) is 0 Å². The number of benzene rings is 3. The molecule has 188 valence electrons. The fraction of sp³-hybridized carbons (Fsp3) is 0.214. The van der Waals surface area contributed by atoms with Crippen LogP contribution in [0.25, 0.3) is 11.0 Å². The first-order chi connectivity index (χ1) is 17.7. The minimum atomic E-state index is -4.00. The first-order valence-corrected chi connectivity index (χ1v) is 13.3. The van der Waals surface area contributed by atoms with Crippen LogP contribution >= 0.6 is 0 Å². The normalized spacial score (nSPS) is 14.5. The van der Waals surface area contributed by atoms with Gasteiger partial charge in [-0.1, -0.05) is 24.3 Å². The molecule has 1 saturated heterocycles. The lowest BCUT2D eigenvalue weighted by molar-refractivity contribution is 0.0668. The highest BCUT2D eigenvalue weighted by atomic mass is 32.2. The van der Waals surface area contributed by atoms with E-state index in [0.717, 1.165) is 16.5 Å². The molecule has 2 heterocycles. The van der Waals surface area contributed by atoms with Crippen LogP contribution in [0.3, 0.4) is 0 Å². The third kappa shape index (κ3) is 4.94. The van der Waals surface area contributed by atoms with Gasteiger partial charge < -0.3 is 14.1 Å². The fourth-order valence-electron chi connectivity index (χ4n) is 4.50. The van der Waals surface area contributed by atoms with Crippen LogP contribution in [0.2, 0.25) is 0 Å². The van der Waals surface area contributed by atoms with Crippen molar-refractivity contribution in [1.29, 1.82) is 5.26 Å². The van der Waals surface area contributed by atoms with Crippen LogP contribution < -0.4 is 4.74 Å². The number of piperazine rings is 1. The number of rotatable bonds is 5. The first-order valence-electron chi connectivity index (χ1n) is 11.8. The average molecular weight is 516 g/mol. The summed E-state index contributed by atoms with van der Waals surface area (Å²) >= 11 is 0. The second-order valence-corrected chi connectivity index (χ2v) is 10.9. The molecule has 0 radical (unpaired) electrons. The number of hydrogen-bond acceptors (Lipinski definition) is 6. The van der Waals surface area contributed by atoms with Crippen molar-refractivity contribution >= 4 is 26.9 Å². The number of carbonyl (C=O) groups is 1. The highest BCUT2D eigenvalue weighted by Gasteiger charge is 2.33. The van der Waals surface area contributed by atoms with Crippen LogP contribution in [-0.4, -0.2) is 49.7 Å². The summed E-state index contributed by atoms with van der Waals surface area (Å²) in [5, 5.41) is 10.2. The number of amides is 1. The summed E-state index contributed by atoms with van der Waals surface area (Å²) in [6, 6.07) is 21.1. The zero-order chi connectivity index (χ0) is 26.2. The maximum Gasteiger partial charge on any atom is 0.289 e. The smallest absolute Gasteiger partial charge is 0.289 e. The summed E-state index contributed by atoms with van der Waals surface area (Å²) in [6.45, 7) is 4.49. The van der Waals surface area contributed by atoms with E-state index in [4.69, 9.17) is 9.15 Å². The van der Waals surface area contributed by atoms with E-state index >= 15 is 0 Å². The highest BCUT2D eigenvalue weighted by Crippen LogP contribution is 2.33. The topological polar surface area (TPSA) is 104 Å². The maximum atomic E-state index is 13.7. The molecule has 0 bridgehead atoms. The molecular weight excluding hydrogens is 490 g/mol. The van der Waals surface area contributed by atoms with Gasteiger partial charge in [0.1, 0.15) is 22.0 Å². The molecule has 5 rings (SSSR count).